The van der Waals surface area contributed by atoms with Crippen LogP contribution in [0.25, 0.3) is 0 Å². The molecule has 1 aromatic carbocycles. The number of hydrogen-bond donors (Lipinski definition) is 1. The molecule has 0 amide bonds. The monoisotopic (exact) mass is 262 g/mol. The normalized spacial score (nSPS) is 25.0. The number of rotatable bonds is 5. The second-order valence-corrected chi connectivity index (χ2v) is 5.63. The second kappa shape index (κ2) is 5.93. The van der Waals surface area contributed by atoms with Crippen LogP contribution in [0.3, 0.4) is 0 Å². The van der Waals surface area contributed by atoms with Gasteiger partial charge in [0.05, 0.1) is 18.3 Å². The van der Waals surface area contributed by atoms with Crippen molar-refractivity contribution in [2.24, 2.45) is 0 Å². The van der Waals surface area contributed by atoms with Crippen molar-refractivity contribution in [3.05, 3.63) is 29.8 Å². The molecule has 1 aromatic rings. The number of aliphatic hydroxyl groups excluding tert-OH is 1. The first-order valence-corrected chi connectivity index (χ1v) is 7.37. The van der Waals surface area contributed by atoms with E-state index in [1.807, 2.05) is 24.3 Å². The summed E-state index contributed by atoms with van der Waals surface area (Å²) in [5, 5.41) is 10.2. The van der Waals surface area contributed by atoms with E-state index < -0.39 is 6.10 Å². The molecule has 2 atom stereocenters. The first-order valence-electron chi connectivity index (χ1n) is 7.37. The summed E-state index contributed by atoms with van der Waals surface area (Å²) in [5.74, 6) is 0.910. The van der Waals surface area contributed by atoms with E-state index in [1.54, 1.807) is 0 Å². The van der Waals surface area contributed by atoms with Crippen molar-refractivity contribution < 1.29 is 14.6 Å². The lowest BCUT2D eigenvalue weighted by Gasteiger charge is -2.24. The highest BCUT2D eigenvalue weighted by molar-refractivity contribution is 5.29. The van der Waals surface area contributed by atoms with Crippen molar-refractivity contribution in [3.8, 4) is 5.75 Å². The number of benzene rings is 1. The summed E-state index contributed by atoms with van der Waals surface area (Å²) in [7, 11) is 0. The van der Waals surface area contributed by atoms with Crippen LogP contribution in [-0.2, 0) is 4.74 Å². The predicted octanol–water partition coefficient (Wildman–Crippen LogP) is 3.22. The molecule has 1 aliphatic carbocycles. The van der Waals surface area contributed by atoms with Gasteiger partial charge in [0.25, 0.3) is 0 Å². The largest absolute Gasteiger partial charge is 0.490 e. The Hall–Kier alpha value is -1.06. The van der Waals surface area contributed by atoms with Gasteiger partial charge < -0.3 is 14.6 Å². The van der Waals surface area contributed by atoms with Gasteiger partial charge in [-0.2, -0.15) is 0 Å². The Bertz CT molecular complexity index is 391. The molecule has 0 bridgehead atoms. The Morgan fingerprint density at radius 3 is 2.58 bits per heavy atom. The predicted molar refractivity (Wildman–Crippen MR) is 73.3 cm³/mol. The van der Waals surface area contributed by atoms with Crippen LogP contribution in [0.4, 0.5) is 0 Å². The quantitative estimate of drug-likeness (QED) is 0.885. The molecule has 1 N–H and O–H groups in total. The Labute approximate surface area is 114 Å². The SMILES string of the molecule is OC(CC1CCCCO1)c1ccc(OC2CC2)cc1. The van der Waals surface area contributed by atoms with Crippen LogP contribution in [0.2, 0.25) is 0 Å². The maximum Gasteiger partial charge on any atom is 0.119 e. The van der Waals surface area contributed by atoms with Crippen molar-refractivity contribution in [3.63, 3.8) is 0 Å². The van der Waals surface area contributed by atoms with E-state index in [2.05, 4.69) is 0 Å². The summed E-state index contributed by atoms with van der Waals surface area (Å²) >= 11 is 0. The maximum atomic E-state index is 10.2. The van der Waals surface area contributed by atoms with Gasteiger partial charge >= 0.3 is 0 Å². The third-order valence-electron chi connectivity index (χ3n) is 3.85. The summed E-state index contributed by atoms with van der Waals surface area (Å²) in [6, 6.07) is 7.84. The summed E-state index contributed by atoms with van der Waals surface area (Å²) in [6.45, 7) is 0.839. The zero-order valence-electron chi connectivity index (χ0n) is 11.3. The zero-order valence-corrected chi connectivity index (χ0v) is 11.3. The molecule has 3 nitrogen and oxygen atoms in total. The fourth-order valence-electron chi connectivity index (χ4n) is 2.53. The van der Waals surface area contributed by atoms with E-state index in [4.69, 9.17) is 9.47 Å². The van der Waals surface area contributed by atoms with Gasteiger partial charge in [-0.05, 0) is 49.8 Å². The number of aliphatic hydroxyl groups is 1. The summed E-state index contributed by atoms with van der Waals surface area (Å²) in [5.41, 5.74) is 0.956. The number of hydrogen-bond acceptors (Lipinski definition) is 3. The Kier molecular flexibility index (Phi) is 4.04. The van der Waals surface area contributed by atoms with Gasteiger partial charge in [-0.1, -0.05) is 12.1 Å². The lowest BCUT2D eigenvalue weighted by atomic mass is 9.99. The van der Waals surface area contributed by atoms with E-state index in [0.29, 0.717) is 12.5 Å². The van der Waals surface area contributed by atoms with E-state index in [-0.39, 0.29) is 6.10 Å². The molecule has 1 saturated heterocycles. The number of ether oxygens (including phenoxy) is 2. The molecule has 3 rings (SSSR count). The van der Waals surface area contributed by atoms with E-state index in [0.717, 1.165) is 30.8 Å². The molecule has 1 aliphatic heterocycles. The fraction of sp³-hybridized carbons (Fsp3) is 0.625. The minimum atomic E-state index is -0.432. The van der Waals surface area contributed by atoms with Gasteiger partial charge in [-0.3, -0.25) is 0 Å². The highest BCUT2D eigenvalue weighted by Gasteiger charge is 2.23. The topological polar surface area (TPSA) is 38.7 Å². The van der Waals surface area contributed by atoms with Gasteiger partial charge in [-0.15, -0.1) is 0 Å². The summed E-state index contributed by atoms with van der Waals surface area (Å²) in [4.78, 5) is 0. The standard InChI is InChI=1S/C16H22O3/c17-16(11-15-3-1-2-10-18-15)12-4-6-13(7-5-12)19-14-8-9-14/h4-7,14-17H,1-3,8-11H2. The van der Waals surface area contributed by atoms with Gasteiger partial charge in [0.15, 0.2) is 0 Å². The minimum Gasteiger partial charge on any atom is -0.490 e. The molecule has 2 aliphatic rings. The van der Waals surface area contributed by atoms with Crippen LogP contribution in [0.15, 0.2) is 24.3 Å². The molecule has 2 fully saturated rings. The molecular weight excluding hydrogens is 240 g/mol. The van der Waals surface area contributed by atoms with Crippen LogP contribution in [0.5, 0.6) is 5.75 Å². The van der Waals surface area contributed by atoms with Gasteiger partial charge in [-0.25, -0.2) is 0 Å². The first kappa shape index (κ1) is 12.9. The zero-order chi connectivity index (χ0) is 13.1. The molecule has 0 radical (unpaired) electrons. The van der Waals surface area contributed by atoms with E-state index in [9.17, 15) is 5.11 Å². The van der Waals surface area contributed by atoms with Gasteiger partial charge in [0.1, 0.15) is 5.75 Å². The molecule has 3 heteroatoms. The molecule has 2 unspecified atom stereocenters. The maximum absolute atomic E-state index is 10.2. The second-order valence-electron chi connectivity index (χ2n) is 5.63. The van der Waals surface area contributed by atoms with E-state index in [1.165, 1.54) is 19.3 Å². The minimum absolute atomic E-state index is 0.214. The van der Waals surface area contributed by atoms with E-state index >= 15 is 0 Å². The highest BCUT2D eigenvalue weighted by atomic mass is 16.5. The molecule has 1 saturated carbocycles. The lowest BCUT2D eigenvalue weighted by molar-refractivity contribution is -0.0155. The Balaban J connectivity index is 1.54. The van der Waals surface area contributed by atoms with Crippen LogP contribution < -0.4 is 4.74 Å². The Morgan fingerprint density at radius 1 is 1.16 bits per heavy atom. The molecule has 104 valence electrons. The average Bonchev–Trinajstić information content (AvgIpc) is 3.25. The van der Waals surface area contributed by atoms with Crippen molar-refractivity contribution in [1.82, 2.24) is 0 Å². The van der Waals surface area contributed by atoms with Crippen LogP contribution in [0.1, 0.15) is 50.2 Å². The van der Waals surface area contributed by atoms with Crippen LogP contribution in [-0.4, -0.2) is 23.9 Å². The summed E-state index contributed by atoms with van der Waals surface area (Å²) in [6.07, 6.45) is 6.68. The molecule has 19 heavy (non-hydrogen) atoms. The summed E-state index contributed by atoms with van der Waals surface area (Å²) < 4.78 is 11.4. The van der Waals surface area contributed by atoms with Gasteiger partial charge in [0.2, 0.25) is 0 Å². The fourth-order valence-corrected chi connectivity index (χ4v) is 2.53. The molecule has 1 heterocycles. The van der Waals surface area contributed by atoms with Crippen molar-refractivity contribution in [2.75, 3.05) is 6.61 Å². The van der Waals surface area contributed by atoms with Crippen LogP contribution in [0, 0.1) is 0 Å². The molecule has 0 aromatic heterocycles. The highest BCUT2D eigenvalue weighted by Crippen LogP contribution is 2.29. The molecular formula is C16H22O3. The smallest absolute Gasteiger partial charge is 0.119 e. The van der Waals surface area contributed by atoms with Crippen molar-refractivity contribution in [2.45, 2.75) is 56.8 Å². The first-order chi connectivity index (χ1) is 9.31. The van der Waals surface area contributed by atoms with Crippen molar-refractivity contribution in [1.29, 1.82) is 0 Å². The third kappa shape index (κ3) is 3.71. The average molecular weight is 262 g/mol. The van der Waals surface area contributed by atoms with Gasteiger partial charge in [0, 0.05) is 13.0 Å². The molecule has 0 spiro atoms. The van der Waals surface area contributed by atoms with Crippen LogP contribution >= 0.6 is 0 Å². The lowest BCUT2D eigenvalue weighted by Crippen LogP contribution is -2.21. The Morgan fingerprint density at radius 2 is 1.95 bits per heavy atom. The third-order valence-corrected chi connectivity index (χ3v) is 3.85. The van der Waals surface area contributed by atoms with Crippen molar-refractivity contribution >= 4 is 0 Å².